The molecule has 2 aromatic rings. The van der Waals surface area contributed by atoms with Crippen LogP contribution in [0.15, 0.2) is 24.4 Å². The van der Waals surface area contributed by atoms with Gasteiger partial charge in [0.25, 0.3) is 5.91 Å². The zero-order chi connectivity index (χ0) is 14.7. The van der Waals surface area contributed by atoms with Crippen LogP contribution in [0, 0.1) is 17.0 Å². The topological polar surface area (TPSA) is 101 Å². The van der Waals surface area contributed by atoms with Crippen LogP contribution in [-0.2, 0) is 6.54 Å². The second-order valence-corrected chi connectivity index (χ2v) is 4.50. The van der Waals surface area contributed by atoms with Crippen LogP contribution in [-0.4, -0.2) is 21.0 Å². The number of nitro groups is 1. The van der Waals surface area contributed by atoms with Crippen molar-refractivity contribution in [1.82, 2.24) is 15.5 Å². The number of nitro benzene ring substituents is 1. The molecule has 0 fully saturated rings. The number of aryl methyl sites for hydroxylation is 1. The van der Waals surface area contributed by atoms with E-state index in [4.69, 9.17) is 11.6 Å². The molecule has 1 heterocycles. The minimum atomic E-state index is -0.666. The number of nitrogens with zero attached hydrogens (tertiary/aromatic N) is 2. The predicted octanol–water partition coefficient (Wildman–Crippen LogP) is 2.21. The van der Waals surface area contributed by atoms with E-state index in [2.05, 4.69) is 15.5 Å². The van der Waals surface area contributed by atoms with Crippen LogP contribution in [0.3, 0.4) is 0 Å². The van der Waals surface area contributed by atoms with Gasteiger partial charge in [-0.25, -0.2) is 0 Å². The monoisotopic (exact) mass is 294 g/mol. The first-order valence-corrected chi connectivity index (χ1v) is 6.08. The number of hydrogen-bond donors (Lipinski definition) is 2. The summed E-state index contributed by atoms with van der Waals surface area (Å²) in [7, 11) is 0. The number of carbonyl (C=O) groups excluding carboxylic acids is 1. The molecule has 2 rings (SSSR count). The van der Waals surface area contributed by atoms with Crippen molar-refractivity contribution in [2.24, 2.45) is 0 Å². The smallest absolute Gasteiger partial charge is 0.300 e. The summed E-state index contributed by atoms with van der Waals surface area (Å²) in [5.41, 5.74) is 1.17. The number of hydrogen-bond acceptors (Lipinski definition) is 4. The summed E-state index contributed by atoms with van der Waals surface area (Å²) in [6, 6.07) is 4.23. The Morgan fingerprint density at radius 1 is 1.55 bits per heavy atom. The van der Waals surface area contributed by atoms with Gasteiger partial charge in [-0.2, -0.15) is 5.10 Å². The lowest BCUT2D eigenvalue weighted by atomic mass is 10.1. The van der Waals surface area contributed by atoms with Gasteiger partial charge in [0, 0.05) is 17.8 Å². The number of H-pyrrole nitrogens is 1. The number of para-hydroxylation sites is 1. The average molecular weight is 295 g/mol. The molecule has 7 nitrogen and oxygen atoms in total. The van der Waals surface area contributed by atoms with Crippen LogP contribution in [0.5, 0.6) is 0 Å². The second kappa shape index (κ2) is 5.70. The number of carbonyl (C=O) groups is 1. The SMILES string of the molecule is Cc1[nH]ncc1CNC(=O)c1cccc(Cl)c1[N+](=O)[O-]. The zero-order valence-corrected chi connectivity index (χ0v) is 11.3. The summed E-state index contributed by atoms with van der Waals surface area (Å²) >= 11 is 5.76. The van der Waals surface area contributed by atoms with Crippen molar-refractivity contribution in [2.45, 2.75) is 13.5 Å². The molecule has 2 N–H and O–H groups in total. The molecule has 0 aliphatic heterocycles. The van der Waals surface area contributed by atoms with Crippen molar-refractivity contribution in [3.63, 3.8) is 0 Å². The van der Waals surface area contributed by atoms with E-state index >= 15 is 0 Å². The van der Waals surface area contributed by atoms with Gasteiger partial charge in [0.15, 0.2) is 0 Å². The maximum absolute atomic E-state index is 12.0. The third-order valence-electron chi connectivity index (χ3n) is 2.79. The number of benzene rings is 1. The first kappa shape index (κ1) is 14.0. The van der Waals surface area contributed by atoms with Gasteiger partial charge in [-0.3, -0.25) is 20.0 Å². The lowest BCUT2D eigenvalue weighted by molar-refractivity contribution is -0.385. The third kappa shape index (κ3) is 2.77. The fraction of sp³-hybridized carbons (Fsp3) is 0.167. The number of nitrogens with one attached hydrogen (secondary N) is 2. The highest BCUT2D eigenvalue weighted by molar-refractivity contribution is 6.33. The lowest BCUT2D eigenvalue weighted by Gasteiger charge is -2.06. The van der Waals surface area contributed by atoms with Gasteiger partial charge < -0.3 is 5.32 Å². The van der Waals surface area contributed by atoms with Gasteiger partial charge in [0.1, 0.15) is 10.6 Å². The molecule has 1 amide bonds. The molecule has 0 aliphatic carbocycles. The van der Waals surface area contributed by atoms with Crippen LogP contribution in [0.2, 0.25) is 5.02 Å². The fourth-order valence-electron chi connectivity index (χ4n) is 1.71. The molecule has 1 aromatic carbocycles. The summed E-state index contributed by atoms with van der Waals surface area (Å²) in [6.07, 6.45) is 1.59. The predicted molar refractivity (Wildman–Crippen MR) is 72.6 cm³/mol. The molecular weight excluding hydrogens is 284 g/mol. The highest BCUT2D eigenvalue weighted by Crippen LogP contribution is 2.28. The van der Waals surface area contributed by atoms with Crippen LogP contribution in [0.4, 0.5) is 5.69 Å². The van der Waals surface area contributed by atoms with Gasteiger partial charge in [-0.15, -0.1) is 0 Å². The normalized spacial score (nSPS) is 10.3. The van der Waals surface area contributed by atoms with Crippen molar-refractivity contribution in [3.05, 3.63) is 56.4 Å². The average Bonchev–Trinajstić information content (AvgIpc) is 2.80. The zero-order valence-electron chi connectivity index (χ0n) is 10.5. The van der Waals surface area contributed by atoms with Crippen LogP contribution >= 0.6 is 11.6 Å². The summed E-state index contributed by atoms with van der Waals surface area (Å²) in [5, 5.41) is 20.1. The Morgan fingerprint density at radius 3 is 2.90 bits per heavy atom. The Kier molecular flexibility index (Phi) is 3.99. The summed E-state index contributed by atoms with van der Waals surface area (Å²) in [4.78, 5) is 22.3. The highest BCUT2D eigenvalue weighted by Gasteiger charge is 2.23. The van der Waals surface area contributed by atoms with E-state index in [-0.39, 0.29) is 17.1 Å². The summed E-state index contributed by atoms with van der Waals surface area (Å²) in [5.74, 6) is -0.556. The van der Waals surface area contributed by atoms with Crippen LogP contribution in [0.1, 0.15) is 21.6 Å². The molecule has 0 aliphatic rings. The molecule has 0 atom stereocenters. The van der Waals surface area contributed by atoms with E-state index < -0.39 is 16.5 Å². The molecule has 0 spiro atoms. The van der Waals surface area contributed by atoms with Crippen LogP contribution in [0.25, 0.3) is 0 Å². The molecule has 0 bridgehead atoms. The number of rotatable bonds is 4. The van der Waals surface area contributed by atoms with E-state index in [9.17, 15) is 14.9 Å². The van der Waals surface area contributed by atoms with Gasteiger partial charge in [0.2, 0.25) is 0 Å². The van der Waals surface area contributed by atoms with E-state index in [1.807, 2.05) is 6.92 Å². The molecule has 20 heavy (non-hydrogen) atoms. The van der Waals surface area contributed by atoms with Gasteiger partial charge in [0.05, 0.1) is 11.1 Å². The Morgan fingerprint density at radius 2 is 2.30 bits per heavy atom. The standard InChI is InChI=1S/C12H11ClN4O3/c1-7-8(6-15-16-7)5-14-12(18)9-3-2-4-10(13)11(9)17(19)20/h2-4,6H,5H2,1H3,(H,14,18)(H,15,16). The van der Waals surface area contributed by atoms with Crippen molar-refractivity contribution >= 4 is 23.2 Å². The van der Waals surface area contributed by atoms with Gasteiger partial charge in [-0.05, 0) is 19.1 Å². The number of amides is 1. The van der Waals surface area contributed by atoms with E-state index in [0.29, 0.717) is 0 Å². The molecule has 8 heteroatoms. The van der Waals surface area contributed by atoms with E-state index in [1.165, 1.54) is 18.2 Å². The highest BCUT2D eigenvalue weighted by atomic mass is 35.5. The minimum Gasteiger partial charge on any atom is -0.348 e. The van der Waals surface area contributed by atoms with Crippen molar-refractivity contribution in [3.8, 4) is 0 Å². The molecular formula is C12H11ClN4O3. The minimum absolute atomic E-state index is 0.0661. The van der Waals surface area contributed by atoms with Crippen molar-refractivity contribution in [1.29, 1.82) is 0 Å². The van der Waals surface area contributed by atoms with Crippen molar-refractivity contribution < 1.29 is 9.72 Å². The molecule has 0 saturated carbocycles. The fourth-order valence-corrected chi connectivity index (χ4v) is 1.95. The number of aromatic amines is 1. The number of aromatic nitrogens is 2. The number of halogens is 1. The molecule has 1 aromatic heterocycles. The Hall–Kier alpha value is -2.41. The maximum atomic E-state index is 12.0. The van der Waals surface area contributed by atoms with E-state index in [1.54, 1.807) is 6.20 Å². The van der Waals surface area contributed by atoms with Gasteiger partial charge in [-0.1, -0.05) is 17.7 Å². The van der Waals surface area contributed by atoms with Gasteiger partial charge >= 0.3 is 5.69 Å². The van der Waals surface area contributed by atoms with E-state index in [0.717, 1.165) is 11.3 Å². The Bertz CT molecular complexity index is 668. The van der Waals surface area contributed by atoms with Crippen molar-refractivity contribution in [2.75, 3.05) is 0 Å². The first-order valence-electron chi connectivity index (χ1n) is 5.70. The summed E-state index contributed by atoms with van der Waals surface area (Å²) < 4.78 is 0. The lowest BCUT2D eigenvalue weighted by Crippen LogP contribution is -2.24. The van der Waals surface area contributed by atoms with Crippen LogP contribution < -0.4 is 5.32 Å². The Labute approximate surface area is 119 Å². The second-order valence-electron chi connectivity index (χ2n) is 4.10. The Balaban J connectivity index is 2.20. The molecule has 0 radical (unpaired) electrons. The summed E-state index contributed by atoms with van der Waals surface area (Å²) in [6.45, 7) is 2.04. The third-order valence-corrected chi connectivity index (χ3v) is 3.09. The molecule has 0 unspecified atom stereocenters. The first-order chi connectivity index (χ1) is 9.50. The maximum Gasteiger partial charge on any atom is 0.300 e. The molecule has 104 valence electrons. The molecule has 0 saturated heterocycles. The quantitative estimate of drug-likeness (QED) is 0.666. The largest absolute Gasteiger partial charge is 0.348 e.